The second-order valence-electron chi connectivity index (χ2n) is 4.20. The number of aryl methyl sites for hydroxylation is 1. The van der Waals surface area contributed by atoms with E-state index in [0.29, 0.717) is 25.1 Å². The lowest BCUT2D eigenvalue weighted by atomic mass is 10.1. The summed E-state index contributed by atoms with van der Waals surface area (Å²) in [4.78, 5) is 0.126. The topological polar surface area (TPSA) is 75.6 Å². The van der Waals surface area contributed by atoms with Crippen molar-refractivity contribution in [1.82, 2.24) is 4.72 Å². The average molecular weight is 297 g/mol. The Kier molecular flexibility index (Phi) is 6.68. The van der Waals surface area contributed by atoms with Crippen molar-refractivity contribution >= 4 is 10.0 Å². The summed E-state index contributed by atoms with van der Waals surface area (Å²) in [6, 6.07) is 4.93. The number of rotatable bonds is 6. The van der Waals surface area contributed by atoms with Gasteiger partial charge < -0.3 is 9.84 Å². The molecule has 0 amide bonds. The van der Waals surface area contributed by atoms with Crippen LogP contribution in [0.4, 0.5) is 0 Å². The van der Waals surface area contributed by atoms with Gasteiger partial charge in [0.05, 0.1) is 4.90 Å². The smallest absolute Gasteiger partial charge is 0.241 e. The van der Waals surface area contributed by atoms with Crippen molar-refractivity contribution in [2.45, 2.75) is 18.2 Å². The fourth-order valence-corrected chi connectivity index (χ4v) is 2.83. The number of methoxy groups -OCH3 is 1. The second-order valence-corrected chi connectivity index (χ2v) is 5.94. The van der Waals surface area contributed by atoms with E-state index in [1.165, 1.54) is 6.07 Å². The third-order valence-corrected chi connectivity index (χ3v) is 4.06. The van der Waals surface area contributed by atoms with Gasteiger partial charge in [0.1, 0.15) is 6.61 Å². The predicted molar refractivity (Wildman–Crippen MR) is 76.8 cm³/mol. The third kappa shape index (κ3) is 4.94. The van der Waals surface area contributed by atoms with Gasteiger partial charge in [-0.1, -0.05) is 17.9 Å². The summed E-state index contributed by atoms with van der Waals surface area (Å²) in [7, 11) is -2.04. The Balaban J connectivity index is 2.99. The van der Waals surface area contributed by atoms with Crippen LogP contribution in [0.3, 0.4) is 0 Å². The molecule has 0 bridgehead atoms. The molecule has 0 aliphatic rings. The van der Waals surface area contributed by atoms with Crippen LogP contribution >= 0.6 is 0 Å². The molecule has 2 N–H and O–H groups in total. The minimum atomic E-state index is -3.61. The minimum Gasteiger partial charge on any atom is -0.385 e. The Morgan fingerprint density at radius 1 is 1.40 bits per heavy atom. The van der Waals surface area contributed by atoms with E-state index in [2.05, 4.69) is 16.6 Å². The van der Waals surface area contributed by atoms with Crippen molar-refractivity contribution in [3.8, 4) is 11.8 Å². The van der Waals surface area contributed by atoms with Crippen LogP contribution in [0.15, 0.2) is 23.1 Å². The van der Waals surface area contributed by atoms with E-state index in [1.54, 1.807) is 19.2 Å². The highest BCUT2D eigenvalue weighted by atomic mass is 32.2. The average Bonchev–Trinajstić information content (AvgIpc) is 2.41. The number of nitrogens with one attached hydrogen (secondary N) is 1. The molecular formula is C14H19NO4S. The molecule has 0 fully saturated rings. The Hall–Kier alpha value is -1.39. The van der Waals surface area contributed by atoms with E-state index >= 15 is 0 Å². The molecule has 0 unspecified atom stereocenters. The zero-order chi connectivity index (χ0) is 15.0. The van der Waals surface area contributed by atoms with E-state index in [1.807, 2.05) is 6.92 Å². The molecule has 0 spiro atoms. The minimum absolute atomic E-state index is 0.126. The Morgan fingerprint density at radius 2 is 2.15 bits per heavy atom. The first-order chi connectivity index (χ1) is 9.51. The molecule has 0 saturated heterocycles. The molecule has 0 aliphatic carbocycles. The van der Waals surface area contributed by atoms with E-state index in [0.717, 1.165) is 5.56 Å². The summed E-state index contributed by atoms with van der Waals surface area (Å²) in [5, 5.41) is 8.74. The van der Waals surface area contributed by atoms with Crippen molar-refractivity contribution < 1.29 is 18.3 Å². The van der Waals surface area contributed by atoms with Gasteiger partial charge in [0.25, 0.3) is 0 Å². The highest BCUT2D eigenvalue weighted by Gasteiger charge is 2.17. The van der Waals surface area contributed by atoms with Gasteiger partial charge in [-0.2, -0.15) is 0 Å². The molecule has 20 heavy (non-hydrogen) atoms. The summed E-state index contributed by atoms with van der Waals surface area (Å²) in [6.07, 6.45) is 0.596. The summed E-state index contributed by atoms with van der Waals surface area (Å²) >= 11 is 0. The first kappa shape index (κ1) is 16.7. The van der Waals surface area contributed by atoms with Gasteiger partial charge in [0.2, 0.25) is 10.0 Å². The number of hydrogen-bond donors (Lipinski definition) is 2. The van der Waals surface area contributed by atoms with Gasteiger partial charge in [-0.05, 0) is 31.0 Å². The second kappa shape index (κ2) is 8.02. The molecule has 1 aromatic carbocycles. The number of hydrogen-bond acceptors (Lipinski definition) is 4. The SMILES string of the molecule is COCCCNS(=O)(=O)c1ccc(C)cc1C#CCO. The van der Waals surface area contributed by atoms with Crippen molar-refractivity contribution in [1.29, 1.82) is 0 Å². The molecular weight excluding hydrogens is 278 g/mol. The van der Waals surface area contributed by atoms with Gasteiger partial charge in [-0.25, -0.2) is 13.1 Å². The molecule has 5 nitrogen and oxygen atoms in total. The molecule has 0 aliphatic heterocycles. The number of benzene rings is 1. The lowest BCUT2D eigenvalue weighted by Gasteiger charge is -2.09. The van der Waals surface area contributed by atoms with Crippen LogP contribution in [0.2, 0.25) is 0 Å². The van der Waals surface area contributed by atoms with Crippen LogP contribution in [0.25, 0.3) is 0 Å². The fourth-order valence-electron chi connectivity index (χ4n) is 1.61. The van der Waals surface area contributed by atoms with Crippen molar-refractivity contribution in [2.75, 3.05) is 26.9 Å². The van der Waals surface area contributed by atoms with Crippen LogP contribution in [-0.4, -0.2) is 40.4 Å². The van der Waals surface area contributed by atoms with E-state index < -0.39 is 10.0 Å². The highest BCUT2D eigenvalue weighted by Crippen LogP contribution is 2.16. The Morgan fingerprint density at radius 3 is 2.80 bits per heavy atom. The maximum atomic E-state index is 12.2. The first-order valence-electron chi connectivity index (χ1n) is 6.20. The van der Waals surface area contributed by atoms with Crippen LogP contribution < -0.4 is 4.72 Å². The third-order valence-electron chi connectivity index (χ3n) is 2.54. The number of sulfonamides is 1. The fraction of sp³-hybridized carbons (Fsp3) is 0.429. The van der Waals surface area contributed by atoms with Gasteiger partial charge in [-0.15, -0.1) is 0 Å². The summed E-state index contributed by atoms with van der Waals surface area (Å²) in [5.74, 6) is 5.14. The quantitative estimate of drug-likeness (QED) is 0.597. The van der Waals surface area contributed by atoms with Gasteiger partial charge in [0, 0.05) is 25.8 Å². The summed E-state index contributed by atoms with van der Waals surface area (Å²) in [5.41, 5.74) is 1.30. The molecule has 0 atom stereocenters. The summed E-state index contributed by atoms with van der Waals surface area (Å²) in [6.45, 7) is 2.34. The molecule has 6 heteroatoms. The number of aliphatic hydroxyl groups is 1. The molecule has 0 radical (unpaired) electrons. The lowest BCUT2D eigenvalue weighted by Crippen LogP contribution is -2.26. The van der Waals surface area contributed by atoms with E-state index in [9.17, 15) is 8.42 Å². The molecule has 1 rings (SSSR count). The molecule has 0 heterocycles. The lowest BCUT2D eigenvalue weighted by molar-refractivity contribution is 0.196. The molecule has 0 aromatic heterocycles. The van der Waals surface area contributed by atoms with Crippen LogP contribution in [-0.2, 0) is 14.8 Å². The standard InChI is InChI=1S/C14H19NO4S/c1-12-6-7-14(13(11-12)5-3-9-16)20(17,18)15-8-4-10-19-2/h6-7,11,15-16H,4,8-10H2,1-2H3. The zero-order valence-electron chi connectivity index (χ0n) is 11.6. The molecule has 1 aromatic rings. The highest BCUT2D eigenvalue weighted by molar-refractivity contribution is 7.89. The molecule has 110 valence electrons. The maximum absolute atomic E-state index is 12.2. The van der Waals surface area contributed by atoms with Crippen molar-refractivity contribution in [3.63, 3.8) is 0 Å². The van der Waals surface area contributed by atoms with Gasteiger partial charge >= 0.3 is 0 Å². The van der Waals surface area contributed by atoms with E-state index in [4.69, 9.17) is 9.84 Å². The van der Waals surface area contributed by atoms with Gasteiger partial charge in [-0.3, -0.25) is 0 Å². The maximum Gasteiger partial charge on any atom is 0.241 e. The zero-order valence-corrected chi connectivity index (χ0v) is 12.5. The van der Waals surface area contributed by atoms with Crippen LogP contribution in [0.5, 0.6) is 0 Å². The Bertz CT molecular complexity index is 599. The summed E-state index contributed by atoms with van der Waals surface area (Å²) < 4.78 is 31.8. The number of ether oxygens (including phenoxy) is 1. The predicted octanol–water partition coefficient (Wildman–Crippen LogP) is 0.654. The molecule has 0 saturated carbocycles. The van der Waals surface area contributed by atoms with Crippen molar-refractivity contribution in [2.24, 2.45) is 0 Å². The van der Waals surface area contributed by atoms with Crippen LogP contribution in [0.1, 0.15) is 17.5 Å². The largest absolute Gasteiger partial charge is 0.385 e. The normalized spacial score (nSPS) is 10.9. The monoisotopic (exact) mass is 297 g/mol. The Labute approximate surface area is 120 Å². The van der Waals surface area contributed by atoms with Crippen molar-refractivity contribution in [3.05, 3.63) is 29.3 Å². The van der Waals surface area contributed by atoms with Gasteiger partial charge in [0.15, 0.2) is 0 Å². The van der Waals surface area contributed by atoms with E-state index in [-0.39, 0.29) is 11.5 Å². The number of aliphatic hydroxyl groups excluding tert-OH is 1. The first-order valence-corrected chi connectivity index (χ1v) is 7.68. The van der Waals surface area contributed by atoms with Crippen LogP contribution in [0, 0.1) is 18.8 Å².